The first kappa shape index (κ1) is 18.6. The number of amides is 2. The third kappa shape index (κ3) is 4.62. The van der Waals surface area contributed by atoms with Gasteiger partial charge in [0.1, 0.15) is 5.78 Å². The van der Waals surface area contributed by atoms with E-state index in [-0.39, 0.29) is 30.1 Å². The second kappa shape index (κ2) is 7.87. The zero-order chi connectivity index (χ0) is 18.6. The van der Waals surface area contributed by atoms with E-state index >= 15 is 0 Å². The van der Waals surface area contributed by atoms with Crippen LogP contribution in [-0.4, -0.2) is 68.9 Å². The molecule has 2 rings (SSSR count). The molecule has 2 amide bonds. The van der Waals surface area contributed by atoms with Gasteiger partial charge in [0.15, 0.2) is 17.2 Å². The summed E-state index contributed by atoms with van der Waals surface area (Å²) in [6.45, 7) is 3.05. The molecule has 0 radical (unpaired) electrons. The highest BCUT2D eigenvalue weighted by atomic mass is 16.3. The smallest absolute Gasteiger partial charge is 0.254 e. The summed E-state index contributed by atoms with van der Waals surface area (Å²) >= 11 is 0. The number of ketones is 1. The number of aromatic hydroxyl groups is 3. The SMILES string of the molecule is CC(=O)CCC(=O)N1CCCN(C(=O)c2cc(O)c(O)c(O)c2)CC1. The normalized spacial score (nSPS) is 14.9. The molecule has 1 aliphatic rings. The number of carbonyl (C=O) groups excluding carboxylic acids is 3. The van der Waals surface area contributed by atoms with Crippen LogP contribution in [0.4, 0.5) is 0 Å². The molecule has 8 heteroatoms. The fraction of sp³-hybridized carbons (Fsp3) is 0.471. The fourth-order valence-electron chi connectivity index (χ4n) is 2.72. The molecule has 3 N–H and O–H groups in total. The Bertz CT molecular complexity index is 665. The Morgan fingerprint density at radius 1 is 0.920 bits per heavy atom. The highest BCUT2D eigenvalue weighted by Gasteiger charge is 2.24. The van der Waals surface area contributed by atoms with E-state index in [2.05, 4.69) is 0 Å². The molecular weight excluding hydrogens is 328 g/mol. The molecule has 1 saturated heterocycles. The van der Waals surface area contributed by atoms with Crippen molar-refractivity contribution >= 4 is 17.6 Å². The summed E-state index contributed by atoms with van der Waals surface area (Å²) in [5.74, 6) is -2.35. The van der Waals surface area contributed by atoms with Crippen molar-refractivity contribution in [1.29, 1.82) is 0 Å². The monoisotopic (exact) mass is 350 g/mol. The Balaban J connectivity index is 2.01. The summed E-state index contributed by atoms with van der Waals surface area (Å²) in [4.78, 5) is 38.8. The van der Waals surface area contributed by atoms with Crippen molar-refractivity contribution in [1.82, 2.24) is 9.80 Å². The minimum atomic E-state index is -0.672. The second-order valence-electron chi connectivity index (χ2n) is 6.09. The minimum absolute atomic E-state index is 0.0353. The van der Waals surface area contributed by atoms with E-state index in [4.69, 9.17) is 0 Å². The van der Waals surface area contributed by atoms with Gasteiger partial charge in [-0.1, -0.05) is 0 Å². The van der Waals surface area contributed by atoms with Gasteiger partial charge in [0.25, 0.3) is 5.91 Å². The lowest BCUT2D eigenvalue weighted by Crippen LogP contribution is -2.37. The minimum Gasteiger partial charge on any atom is -0.504 e. The van der Waals surface area contributed by atoms with Crippen molar-refractivity contribution < 1.29 is 29.7 Å². The first-order valence-electron chi connectivity index (χ1n) is 8.11. The maximum absolute atomic E-state index is 12.5. The van der Waals surface area contributed by atoms with Crippen LogP contribution in [0.15, 0.2) is 12.1 Å². The topological polar surface area (TPSA) is 118 Å². The van der Waals surface area contributed by atoms with Gasteiger partial charge in [0.2, 0.25) is 5.91 Å². The van der Waals surface area contributed by atoms with Gasteiger partial charge in [-0.2, -0.15) is 0 Å². The summed E-state index contributed by atoms with van der Waals surface area (Å²) in [6, 6.07) is 2.19. The molecule has 1 aromatic rings. The predicted molar refractivity (Wildman–Crippen MR) is 88.5 cm³/mol. The van der Waals surface area contributed by atoms with Crippen LogP contribution in [0.1, 0.15) is 36.5 Å². The molecule has 0 aliphatic carbocycles. The number of nitrogens with zero attached hydrogens (tertiary/aromatic N) is 2. The molecule has 1 aliphatic heterocycles. The van der Waals surface area contributed by atoms with Gasteiger partial charge in [-0.05, 0) is 25.5 Å². The van der Waals surface area contributed by atoms with E-state index in [1.807, 2.05) is 0 Å². The number of phenolic OH excluding ortho intramolecular Hbond substituents is 3. The maximum atomic E-state index is 12.5. The number of hydrogen-bond acceptors (Lipinski definition) is 6. The molecule has 0 spiro atoms. The van der Waals surface area contributed by atoms with Crippen LogP contribution >= 0.6 is 0 Å². The van der Waals surface area contributed by atoms with Gasteiger partial charge in [-0.25, -0.2) is 0 Å². The number of benzene rings is 1. The molecule has 1 fully saturated rings. The van der Waals surface area contributed by atoms with Crippen LogP contribution < -0.4 is 0 Å². The summed E-state index contributed by atoms with van der Waals surface area (Å²) < 4.78 is 0. The molecular formula is C17H22N2O6. The average Bonchev–Trinajstić information content (AvgIpc) is 2.82. The van der Waals surface area contributed by atoms with Crippen LogP contribution in [0.3, 0.4) is 0 Å². The molecule has 0 aromatic heterocycles. The van der Waals surface area contributed by atoms with Crippen molar-refractivity contribution in [3.63, 3.8) is 0 Å². The average molecular weight is 350 g/mol. The van der Waals surface area contributed by atoms with Crippen LogP contribution in [0.2, 0.25) is 0 Å². The van der Waals surface area contributed by atoms with Crippen molar-refractivity contribution in [2.75, 3.05) is 26.2 Å². The summed E-state index contributed by atoms with van der Waals surface area (Å²) in [7, 11) is 0. The number of hydrogen-bond donors (Lipinski definition) is 3. The van der Waals surface area contributed by atoms with E-state index in [0.29, 0.717) is 32.6 Å². The largest absolute Gasteiger partial charge is 0.504 e. The molecule has 25 heavy (non-hydrogen) atoms. The van der Waals surface area contributed by atoms with Gasteiger partial charge >= 0.3 is 0 Å². The van der Waals surface area contributed by atoms with Crippen LogP contribution in [-0.2, 0) is 9.59 Å². The molecule has 136 valence electrons. The first-order chi connectivity index (χ1) is 11.8. The number of phenols is 3. The van der Waals surface area contributed by atoms with Crippen LogP contribution in [0, 0.1) is 0 Å². The van der Waals surface area contributed by atoms with Crippen molar-refractivity contribution in [2.24, 2.45) is 0 Å². The lowest BCUT2D eigenvalue weighted by molar-refractivity contribution is -0.132. The van der Waals surface area contributed by atoms with E-state index < -0.39 is 23.2 Å². The number of carbonyl (C=O) groups is 3. The second-order valence-corrected chi connectivity index (χ2v) is 6.09. The van der Waals surface area contributed by atoms with Crippen molar-refractivity contribution in [3.8, 4) is 17.2 Å². The Labute approximate surface area is 145 Å². The van der Waals surface area contributed by atoms with E-state index in [0.717, 1.165) is 12.1 Å². The lowest BCUT2D eigenvalue weighted by atomic mass is 10.1. The summed E-state index contributed by atoms with van der Waals surface area (Å²) in [5.41, 5.74) is 0.0594. The van der Waals surface area contributed by atoms with Gasteiger partial charge in [-0.15, -0.1) is 0 Å². The highest BCUT2D eigenvalue weighted by molar-refractivity contribution is 5.95. The Kier molecular flexibility index (Phi) is 5.84. The van der Waals surface area contributed by atoms with Gasteiger partial charge in [0, 0.05) is 44.6 Å². The lowest BCUT2D eigenvalue weighted by Gasteiger charge is -2.22. The van der Waals surface area contributed by atoms with Crippen molar-refractivity contribution in [3.05, 3.63) is 17.7 Å². The third-order valence-corrected chi connectivity index (χ3v) is 4.14. The molecule has 0 unspecified atom stereocenters. The van der Waals surface area contributed by atoms with E-state index in [9.17, 15) is 29.7 Å². The molecule has 1 heterocycles. The van der Waals surface area contributed by atoms with E-state index in [1.54, 1.807) is 4.90 Å². The Hall–Kier alpha value is -2.77. The maximum Gasteiger partial charge on any atom is 0.254 e. The fourth-order valence-corrected chi connectivity index (χ4v) is 2.72. The summed E-state index contributed by atoms with van der Waals surface area (Å²) in [6.07, 6.45) is 0.973. The first-order valence-corrected chi connectivity index (χ1v) is 8.11. The molecule has 0 atom stereocenters. The molecule has 8 nitrogen and oxygen atoms in total. The predicted octanol–water partition coefficient (Wildman–Crippen LogP) is 0.847. The number of Topliss-reactive ketones (excluding diaryl/α,β-unsaturated/α-hetero) is 1. The molecule has 1 aromatic carbocycles. The van der Waals surface area contributed by atoms with Gasteiger partial charge in [0.05, 0.1) is 0 Å². The Morgan fingerprint density at radius 2 is 1.48 bits per heavy atom. The zero-order valence-electron chi connectivity index (χ0n) is 14.1. The molecule has 0 saturated carbocycles. The number of rotatable bonds is 4. The van der Waals surface area contributed by atoms with Crippen LogP contribution in [0.5, 0.6) is 17.2 Å². The third-order valence-electron chi connectivity index (χ3n) is 4.14. The summed E-state index contributed by atoms with van der Waals surface area (Å²) in [5, 5.41) is 28.4. The highest BCUT2D eigenvalue weighted by Crippen LogP contribution is 2.35. The van der Waals surface area contributed by atoms with Crippen LogP contribution in [0.25, 0.3) is 0 Å². The standard InChI is InChI=1S/C17H22N2O6/c1-11(20)3-4-15(23)18-5-2-6-19(8-7-18)17(25)12-9-13(21)16(24)14(22)10-12/h9-10,21-22,24H,2-8H2,1H3. The molecule has 0 bridgehead atoms. The van der Waals surface area contributed by atoms with Gasteiger partial charge < -0.3 is 29.9 Å². The van der Waals surface area contributed by atoms with Crippen molar-refractivity contribution in [2.45, 2.75) is 26.2 Å². The zero-order valence-corrected chi connectivity index (χ0v) is 14.1. The van der Waals surface area contributed by atoms with E-state index in [1.165, 1.54) is 11.8 Å². The Morgan fingerprint density at radius 3 is 2.08 bits per heavy atom. The van der Waals surface area contributed by atoms with Gasteiger partial charge in [-0.3, -0.25) is 9.59 Å². The quantitative estimate of drug-likeness (QED) is 0.693.